The lowest BCUT2D eigenvalue weighted by Crippen LogP contribution is -2.44. The fourth-order valence-electron chi connectivity index (χ4n) is 6.33. The van der Waals surface area contributed by atoms with Crippen LogP contribution in [-0.2, 0) is 4.79 Å². The second-order valence-electron chi connectivity index (χ2n) is 9.61. The van der Waals surface area contributed by atoms with Crippen LogP contribution in [0.25, 0.3) is 0 Å². The number of aliphatic hydroxyl groups excluding tert-OH is 2. The molecule has 2 fully saturated rings. The Balaban J connectivity index is 1.38. The maximum Gasteiger partial charge on any atom is 0.243 e. The van der Waals surface area contributed by atoms with Crippen molar-refractivity contribution in [1.82, 2.24) is 5.32 Å². The first-order chi connectivity index (χ1) is 14.4. The van der Waals surface area contributed by atoms with Crippen LogP contribution in [0.3, 0.4) is 0 Å². The summed E-state index contributed by atoms with van der Waals surface area (Å²) in [5.74, 6) is 2.10. The highest BCUT2D eigenvalue weighted by atomic mass is 16.5. The van der Waals surface area contributed by atoms with E-state index in [1.807, 2.05) is 12.1 Å². The van der Waals surface area contributed by atoms with E-state index in [0.29, 0.717) is 30.9 Å². The van der Waals surface area contributed by atoms with Gasteiger partial charge in [-0.25, -0.2) is 0 Å². The summed E-state index contributed by atoms with van der Waals surface area (Å²) >= 11 is 0. The van der Waals surface area contributed by atoms with Crippen LogP contribution >= 0.6 is 0 Å². The minimum absolute atomic E-state index is 0.0204. The maximum atomic E-state index is 11.1. The average Bonchev–Trinajstić information content (AvgIpc) is 3.05. The normalized spacial score (nSPS) is 34.4. The number of carbonyl (C=O) groups is 1. The number of rotatable bonds is 7. The Hall–Kier alpha value is -1.85. The van der Waals surface area contributed by atoms with Gasteiger partial charge < -0.3 is 20.3 Å². The van der Waals surface area contributed by atoms with Crippen LogP contribution in [-0.4, -0.2) is 35.4 Å². The van der Waals surface area contributed by atoms with Gasteiger partial charge in [-0.2, -0.15) is 0 Å². The number of unbranched alkanes of at least 4 members (excludes halogenated alkanes) is 1. The third-order valence-electron chi connectivity index (χ3n) is 8.02. The van der Waals surface area contributed by atoms with Crippen molar-refractivity contribution in [3.05, 3.63) is 42.0 Å². The molecule has 6 atom stereocenters. The molecule has 5 nitrogen and oxygen atoms in total. The van der Waals surface area contributed by atoms with Crippen molar-refractivity contribution in [3.63, 3.8) is 0 Å². The van der Waals surface area contributed by atoms with Gasteiger partial charge in [-0.05, 0) is 97.5 Å². The Morgan fingerprint density at radius 2 is 2.10 bits per heavy atom. The Morgan fingerprint density at radius 3 is 2.90 bits per heavy atom. The number of nitrogens with one attached hydrogen (secondary N) is 1. The molecule has 1 amide bonds. The molecule has 1 aromatic carbocycles. The van der Waals surface area contributed by atoms with Crippen molar-refractivity contribution in [2.75, 3.05) is 13.2 Å². The molecule has 3 aliphatic rings. The molecule has 3 N–H and O–H groups in total. The van der Waals surface area contributed by atoms with Gasteiger partial charge in [0.15, 0.2) is 0 Å². The van der Waals surface area contributed by atoms with E-state index < -0.39 is 6.10 Å². The van der Waals surface area contributed by atoms with Crippen LogP contribution in [0.15, 0.2) is 30.9 Å². The summed E-state index contributed by atoms with van der Waals surface area (Å²) < 4.78 is 5.91. The predicted molar refractivity (Wildman–Crippen MR) is 116 cm³/mol. The Kier molecular flexibility index (Phi) is 6.21. The first-order valence-electron chi connectivity index (χ1n) is 11.5. The molecule has 0 saturated heterocycles. The van der Waals surface area contributed by atoms with Gasteiger partial charge in [-0.1, -0.05) is 19.6 Å². The molecular formula is C25H35NO4. The highest BCUT2D eigenvalue weighted by molar-refractivity contribution is 5.86. The van der Waals surface area contributed by atoms with Crippen molar-refractivity contribution in [2.24, 2.45) is 17.3 Å². The number of hydrogen-bond donors (Lipinski definition) is 3. The molecule has 0 aromatic heterocycles. The van der Waals surface area contributed by atoms with Gasteiger partial charge in [0, 0.05) is 6.54 Å². The molecule has 0 aliphatic heterocycles. The molecule has 0 radical (unpaired) electrons. The van der Waals surface area contributed by atoms with Gasteiger partial charge in [0.25, 0.3) is 0 Å². The first-order valence-corrected chi connectivity index (χ1v) is 11.5. The molecule has 30 heavy (non-hydrogen) atoms. The van der Waals surface area contributed by atoms with Gasteiger partial charge in [0.2, 0.25) is 5.91 Å². The molecule has 0 spiro atoms. The second-order valence-corrected chi connectivity index (χ2v) is 9.61. The number of hydrogen-bond acceptors (Lipinski definition) is 4. The number of fused-ring (bicyclic) bond motifs is 5. The van der Waals surface area contributed by atoms with Gasteiger partial charge >= 0.3 is 0 Å². The van der Waals surface area contributed by atoms with Crippen molar-refractivity contribution >= 4 is 5.91 Å². The van der Waals surface area contributed by atoms with Crippen LogP contribution in [0.2, 0.25) is 0 Å². The molecule has 5 heteroatoms. The molecule has 0 heterocycles. The monoisotopic (exact) mass is 413 g/mol. The standard InChI is InChI=1S/C25H35NO4/c1-3-24(29)26-12-4-5-13-30-16-6-7-17-18-10-11-25(2)21(8-9-23(25)28)19(18)15-22(27)20(17)14-16/h3,6-7,14,18-19,21-23,27-28H,1,4-5,8-13,15H2,2H3,(H,26,29)/t18-,19-,21+,22?,23?,25+/m1/s1. The fraction of sp³-hybridized carbons (Fsp3) is 0.640. The van der Waals surface area contributed by atoms with Crippen molar-refractivity contribution < 1.29 is 19.7 Å². The van der Waals surface area contributed by atoms with Gasteiger partial charge in [0.05, 0.1) is 18.8 Å². The number of ether oxygens (including phenoxy) is 1. The SMILES string of the molecule is C=CC(=O)NCCCCOc1ccc2c(c1)C(O)C[C@@H]1[C@@H]2CC[C@]2(C)C(O)CC[C@@H]12. The van der Waals surface area contributed by atoms with Crippen molar-refractivity contribution in [1.29, 1.82) is 0 Å². The van der Waals surface area contributed by atoms with E-state index >= 15 is 0 Å². The largest absolute Gasteiger partial charge is 0.494 e. The lowest BCUT2D eigenvalue weighted by molar-refractivity contribution is -0.116. The van der Waals surface area contributed by atoms with Crippen LogP contribution in [0.4, 0.5) is 0 Å². The minimum atomic E-state index is -0.459. The summed E-state index contributed by atoms with van der Waals surface area (Å²) in [6, 6.07) is 6.21. The van der Waals surface area contributed by atoms with Gasteiger partial charge in [-0.15, -0.1) is 0 Å². The van der Waals surface area contributed by atoms with E-state index in [0.717, 1.165) is 56.3 Å². The lowest BCUT2D eigenvalue weighted by atomic mass is 9.55. The van der Waals surface area contributed by atoms with Crippen molar-refractivity contribution in [2.45, 2.75) is 70.0 Å². The summed E-state index contributed by atoms with van der Waals surface area (Å²) in [7, 11) is 0. The van der Waals surface area contributed by atoms with Crippen LogP contribution < -0.4 is 10.1 Å². The summed E-state index contributed by atoms with van der Waals surface area (Å²) in [5, 5.41) is 24.3. The third-order valence-corrected chi connectivity index (χ3v) is 8.02. The molecule has 2 saturated carbocycles. The number of carbonyl (C=O) groups excluding carboxylic acids is 1. The maximum absolute atomic E-state index is 11.1. The lowest BCUT2D eigenvalue weighted by Gasteiger charge is -2.51. The minimum Gasteiger partial charge on any atom is -0.494 e. The molecule has 164 valence electrons. The van der Waals surface area contributed by atoms with E-state index in [1.54, 1.807) is 0 Å². The molecule has 4 rings (SSSR count). The number of benzene rings is 1. The highest BCUT2D eigenvalue weighted by Crippen LogP contribution is 2.62. The van der Waals surface area contributed by atoms with Gasteiger partial charge in [-0.3, -0.25) is 4.79 Å². The first kappa shape index (κ1) is 21.4. The second kappa shape index (κ2) is 8.72. The summed E-state index contributed by atoms with van der Waals surface area (Å²) in [4.78, 5) is 11.1. The van der Waals surface area contributed by atoms with E-state index in [1.165, 1.54) is 11.6 Å². The number of amides is 1. The fourth-order valence-corrected chi connectivity index (χ4v) is 6.33. The summed E-state index contributed by atoms with van der Waals surface area (Å²) in [6.45, 7) is 6.90. The van der Waals surface area contributed by atoms with Gasteiger partial charge in [0.1, 0.15) is 5.75 Å². The van der Waals surface area contributed by atoms with Crippen LogP contribution in [0.1, 0.15) is 75.0 Å². The van der Waals surface area contributed by atoms with Crippen LogP contribution in [0.5, 0.6) is 5.75 Å². The topological polar surface area (TPSA) is 78.8 Å². The molecule has 1 aromatic rings. The highest BCUT2D eigenvalue weighted by Gasteiger charge is 2.55. The molecule has 0 bridgehead atoms. The van der Waals surface area contributed by atoms with E-state index in [9.17, 15) is 15.0 Å². The average molecular weight is 414 g/mol. The van der Waals surface area contributed by atoms with E-state index in [2.05, 4.69) is 24.9 Å². The molecule has 3 aliphatic carbocycles. The Bertz CT molecular complexity index is 793. The third kappa shape index (κ3) is 3.90. The zero-order valence-electron chi connectivity index (χ0n) is 18.0. The Labute approximate surface area is 179 Å². The van der Waals surface area contributed by atoms with E-state index in [4.69, 9.17) is 4.74 Å². The molecule has 2 unspecified atom stereocenters. The Morgan fingerprint density at radius 1 is 1.27 bits per heavy atom. The quantitative estimate of drug-likeness (QED) is 0.469. The summed E-state index contributed by atoms with van der Waals surface area (Å²) in [6.07, 6.45) is 7.25. The predicted octanol–water partition coefficient (Wildman–Crippen LogP) is 3.86. The zero-order chi connectivity index (χ0) is 21.3. The smallest absolute Gasteiger partial charge is 0.243 e. The van der Waals surface area contributed by atoms with E-state index in [-0.39, 0.29) is 17.4 Å². The van der Waals surface area contributed by atoms with Crippen molar-refractivity contribution in [3.8, 4) is 5.75 Å². The zero-order valence-corrected chi connectivity index (χ0v) is 18.0. The summed E-state index contributed by atoms with van der Waals surface area (Å²) in [5.41, 5.74) is 2.32. The van der Waals surface area contributed by atoms with Crippen LogP contribution in [0, 0.1) is 17.3 Å². The number of aliphatic hydroxyl groups is 2. The molecular weight excluding hydrogens is 378 g/mol.